The largest absolute Gasteiger partial charge is 0.436 e. The van der Waals surface area contributed by atoms with Crippen molar-refractivity contribution in [1.29, 1.82) is 0 Å². The van der Waals surface area contributed by atoms with Crippen molar-refractivity contribution in [2.24, 2.45) is 20.5 Å². The molecule has 0 spiro atoms. The molecule has 2 aromatic carbocycles. The van der Waals surface area contributed by atoms with Gasteiger partial charge in [-0.3, -0.25) is 10.1 Å². The van der Waals surface area contributed by atoms with Gasteiger partial charge in [0.05, 0.1) is 16.3 Å². The summed E-state index contributed by atoms with van der Waals surface area (Å²) in [5, 5.41) is 25.5. The van der Waals surface area contributed by atoms with Crippen LogP contribution in [0.4, 0.5) is 11.4 Å². The van der Waals surface area contributed by atoms with E-state index in [0.717, 1.165) is 0 Å². The molecule has 0 aromatic heterocycles. The highest BCUT2D eigenvalue weighted by Gasteiger charge is 2.17. The van der Waals surface area contributed by atoms with E-state index < -0.39 is 11.2 Å². The molecule has 0 bridgehead atoms. The Morgan fingerprint density at radius 1 is 0.800 bits per heavy atom. The molecule has 2 aromatic rings. The highest BCUT2D eigenvalue weighted by Crippen LogP contribution is 2.14. The maximum absolute atomic E-state index is 10.8. The number of nitrogens with zero attached hydrogens (tertiary/aromatic N) is 5. The summed E-state index contributed by atoms with van der Waals surface area (Å²) in [6.45, 7) is 0. The highest BCUT2D eigenvalue weighted by molar-refractivity contribution is 5.35. The van der Waals surface area contributed by atoms with Crippen LogP contribution < -0.4 is 0 Å². The second-order valence-corrected chi connectivity index (χ2v) is 3.73. The first-order valence-electron chi connectivity index (χ1n) is 5.81. The molecule has 7 nitrogen and oxygen atoms in total. The van der Waals surface area contributed by atoms with Gasteiger partial charge in [0, 0.05) is 0 Å². The van der Waals surface area contributed by atoms with Crippen LogP contribution in [0.3, 0.4) is 0 Å². The molecule has 0 aliphatic heterocycles. The van der Waals surface area contributed by atoms with E-state index in [0.29, 0.717) is 11.4 Å². The Kier molecular flexibility index (Phi) is 4.60. The summed E-state index contributed by atoms with van der Waals surface area (Å²) in [4.78, 5) is 10.2. The topological polar surface area (TPSA) is 92.6 Å². The molecular formula is C13H11N5O2. The molecule has 0 aliphatic carbocycles. The number of hydrogen-bond acceptors (Lipinski definition) is 6. The first kappa shape index (κ1) is 13.5. The van der Waals surface area contributed by atoms with E-state index in [-0.39, 0.29) is 0 Å². The van der Waals surface area contributed by atoms with E-state index >= 15 is 0 Å². The van der Waals surface area contributed by atoms with E-state index in [1.165, 1.54) is 0 Å². The lowest BCUT2D eigenvalue weighted by atomic mass is 10.3. The average Bonchev–Trinajstić information content (AvgIpc) is 2.49. The molecule has 0 amide bonds. The predicted octanol–water partition coefficient (Wildman–Crippen LogP) is 4.11. The SMILES string of the molecule is O=[N+]([O-])C(N=Nc1ccccc1)N=Nc1ccccc1. The summed E-state index contributed by atoms with van der Waals surface area (Å²) in [6, 6.07) is 17.5. The molecule has 0 aliphatic rings. The van der Waals surface area contributed by atoms with E-state index in [1.807, 2.05) is 12.1 Å². The maximum atomic E-state index is 10.8. The molecule has 0 radical (unpaired) electrons. The zero-order valence-corrected chi connectivity index (χ0v) is 10.4. The highest BCUT2D eigenvalue weighted by atomic mass is 16.6. The average molecular weight is 269 g/mol. The Labute approximate surface area is 114 Å². The molecule has 0 N–H and O–H groups in total. The van der Waals surface area contributed by atoms with Gasteiger partial charge in [0.2, 0.25) is 0 Å². The van der Waals surface area contributed by atoms with E-state index in [1.54, 1.807) is 48.5 Å². The Morgan fingerprint density at radius 3 is 1.55 bits per heavy atom. The molecule has 100 valence electrons. The predicted molar refractivity (Wildman–Crippen MR) is 72.7 cm³/mol. The molecule has 0 saturated carbocycles. The van der Waals surface area contributed by atoms with Crippen molar-refractivity contribution < 1.29 is 4.92 Å². The molecule has 2 rings (SSSR count). The van der Waals surface area contributed by atoms with Crippen LogP contribution in [-0.2, 0) is 0 Å². The fourth-order valence-electron chi connectivity index (χ4n) is 1.33. The summed E-state index contributed by atoms with van der Waals surface area (Å²) >= 11 is 0. The third kappa shape index (κ3) is 4.05. The van der Waals surface area contributed by atoms with Gasteiger partial charge in [-0.15, -0.1) is 10.2 Å². The molecular weight excluding hydrogens is 258 g/mol. The quantitative estimate of drug-likeness (QED) is 0.464. The van der Waals surface area contributed by atoms with Crippen molar-refractivity contribution >= 4 is 11.4 Å². The van der Waals surface area contributed by atoms with Gasteiger partial charge < -0.3 is 0 Å². The van der Waals surface area contributed by atoms with E-state index in [4.69, 9.17) is 0 Å². The summed E-state index contributed by atoms with van der Waals surface area (Å²) in [5.74, 6) is 0. The summed E-state index contributed by atoms with van der Waals surface area (Å²) < 4.78 is 0. The monoisotopic (exact) mass is 269 g/mol. The molecule has 0 fully saturated rings. The third-order valence-electron chi connectivity index (χ3n) is 2.25. The Balaban J connectivity index is 2.10. The van der Waals surface area contributed by atoms with Crippen molar-refractivity contribution in [3.63, 3.8) is 0 Å². The van der Waals surface area contributed by atoms with Crippen molar-refractivity contribution in [2.75, 3.05) is 0 Å². The van der Waals surface area contributed by atoms with Crippen molar-refractivity contribution in [2.45, 2.75) is 6.29 Å². The Bertz CT molecular complexity index is 564. The van der Waals surface area contributed by atoms with Crippen LogP contribution in [-0.4, -0.2) is 11.2 Å². The molecule has 20 heavy (non-hydrogen) atoms. The lowest BCUT2D eigenvalue weighted by Crippen LogP contribution is -2.12. The van der Waals surface area contributed by atoms with Crippen LogP contribution in [0.1, 0.15) is 0 Å². The number of rotatable bonds is 5. The van der Waals surface area contributed by atoms with Gasteiger partial charge in [0.1, 0.15) is 0 Å². The van der Waals surface area contributed by atoms with Gasteiger partial charge >= 0.3 is 6.29 Å². The van der Waals surface area contributed by atoms with Gasteiger partial charge in [-0.05, 0) is 24.3 Å². The lowest BCUT2D eigenvalue weighted by Gasteiger charge is -1.96. The van der Waals surface area contributed by atoms with E-state index in [2.05, 4.69) is 20.5 Å². The van der Waals surface area contributed by atoms with Crippen molar-refractivity contribution in [3.8, 4) is 0 Å². The lowest BCUT2D eigenvalue weighted by molar-refractivity contribution is -0.520. The van der Waals surface area contributed by atoms with Crippen LogP contribution in [0.25, 0.3) is 0 Å². The molecule has 0 unspecified atom stereocenters. The van der Waals surface area contributed by atoms with Crippen molar-refractivity contribution in [1.82, 2.24) is 0 Å². The zero-order chi connectivity index (χ0) is 14.2. The number of benzene rings is 2. The second kappa shape index (κ2) is 6.83. The second-order valence-electron chi connectivity index (χ2n) is 3.73. The number of hydrogen-bond donors (Lipinski definition) is 0. The van der Waals surface area contributed by atoms with Crippen LogP contribution in [0.15, 0.2) is 81.1 Å². The van der Waals surface area contributed by atoms with Crippen LogP contribution >= 0.6 is 0 Å². The fourth-order valence-corrected chi connectivity index (χ4v) is 1.33. The minimum atomic E-state index is -1.55. The third-order valence-corrected chi connectivity index (χ3v) is 2.25. The van der Waals surface area contributed by atoms with Crippen LogP contribution in [0.2, 0.25) is 0 Å². The van der Waals surface area contributed by atoms with Gasteiger partial charge in [-0.25, -0.2) is 0 Å². The van der Waals surface area contributed by atoms with Crippen LogP contribution in [0, 0.1) is 10.1 Å². The maximum Gasteiger partial charge on any atom is 0.436 e. The Hall–Kier alpha value is -2.96. The van der Waals surface area contributed by atoms with Gasteiger partial charge in [0.15, 0.2) is 0 Å². The molecule has 0 atom stereocenters. The smallest absolute Gasteiger partial charge is 0.260 e. The van der Waals surface area contributed by atoms with Gasteiger partial charge in [-0.2, -0.15) is 0 Å². The molecule has 0 saturated heterocycles. The number of nitro groups is 1. The summed E-state index contributed by atoms with van der Waals surface area (Å²) in [6.07, 6.45) is -1.55. The molecule has 0 heterocycles. The van der Waals surface area contributed by atoms with E-state index in [9.17, 15) is 10.1 Å². The van der Waals surface area contributed by atoms with Crippen molar-refractivity contribution in [3.05, 3.63) is 70.8 Å². The summed E-state index contributed by atoms with van der Waals surface area (Å²) in [5.41, 5.74) is 1.04. The minimum Gasteiger partial charge on any atom is -0.260 e. The molecule has 7 heteroatoms. The standard InChI is InChI=1S/C13H11N5O2/c19-18(20)13(16-14-11-7-3-1-4-8-11)17-15-12-9-5-2-6-10-12/h1-10,13H. The van der Waals surface area contributed by atoms with Gasteiger partial charge in [0.25, 0.3) is 0 Å². The normalized spacial score (nSPS) is 12.8. The zero-order valence-electron chi connectivity index (χ0n) is 10.4. The minimum absolute atomic E-state index is 0.522. The van der Waals surface area contributed by atoms with Gasteiger partial charge in [-0.1, -0.05) is 46.6 Å². The summed E-state index contributed by atoms with van der Waals surface area (Å²) in [7, 11) is 0. The first-order valence-corrected chi connectivity index (χ1v) is 5.81. The number of azo groups is 2. The Morgan fingerprint density at radius 2 is 1.20 bits per heavy atom. The fraction of sp³-hybridized carbons (Fsp3) is 0.0769. The first-order chi connectivity index (χ1) is 9.75. The van der Waals surface area contributed by atoms with Crippen LogP contribution in [0.5, 0.6) is 0 Å².